The van der Waals surface area contributed by atoms with E-state index in [0.29, 0.717) is 0 Å². The maximum absolute atomic E-state index is 11.8. The highest BCUT2D eigenvalue weighted by Gasteiger charge is 2.22. The summed E-state index contributed by atoms with van der Waals surface area (Å²) in [6.45, 7) is 8.34. The maximum atomic E-state index is 11.8. The van der Waals surface area contributed by atoms with Crippen LogP contribution in [-0.4, -0.2) is 11.9 Å². The molecule has 1 amide bonds. The summed E-state index contributed by atoms with van der Waals surface area (Å²) in [6.07, 6.45) is 0. The fourth-order valence-corrected chi connectivity index (χ4v) is 1.98. The zero-order chi connectivity index (χ0) is 11.6. The first-order valence-electron chi connectivity index (χ1n) is 4.89. The highest BCUT2D eigenvalue weighted by atomic mass is 32.1. The zero-order valence-electron chi connectivity index (χ0n) is 9.50. The predicted octanol–water partition coefficient (Wildman–Crippen LogP) is 3.20. The topological polar surface area (TPSA) is 29.1 Å². The summed E-state index contributed by atoms with van der Waals surface area (Å²) in [7, 11) is 0. The van der Waals surface area contributed by atoms with Crippen molar-refractivity contribution in [3.8, 4) is 0 Å². The smallest absolute Gasteiger partial charge is 0.261 e. The lowest BCUT2D eigenvalue weighted by Gasteiger charge is -2.27. The van der Waals surface area contributed by atoms with Gasteiger partial charge in [0, 0.05) is 16.3 Å². The molecule has 0 aliphatic rings. The Morgan fingerprint density at radius 3 is 2.53 bits per heavy atom. The van der Waals surface area contributed by atoms with Gasteiger partial charge in [0.05, 0.1) is 4.88 Å². The van der Waals surface area contributed by atoms with E-state index in [1.165, 1.54) is 11.3 Å². The summed E-state index contributed by atoms with van der Waals surface area (Å²) in [6, 6.07) is 1.94. The molecule has 1 N–H and O–H groups in total. The number of hydrogen-bond acceptors (Lipinski definition) is 3. The minimum absolute atomic E-state index is 0.0114. The minimum atomic E-state index is -0.0114. The van der Waals surface area contributed by atoms with Crippen LogP contribution in [0.3, 0.4) is 0 Å². The normalized spacial score (nSPS) is 13.7. The van der Waals surface area contributed by atoms with Crippen LogP contribution < -0.4 is 5.32 Å². The first-order chi connectivity index (χ1) is 6.80. The molecular formula is C11H17NOS2. The van der Waals surface area contributed by atoms with E-state index in [9.17, 15) is 4.79 Å². The molecule has 0 aromatic carbocycles. The second-order valence-corrected chi connectivity index (χ2v) is 6.16. The highest BCUT2D eigenvalue weighted by Crippen LogP contribution is 2.21. The van der Waals surface area contributed by atoms with E-state index in [1.54, 1.807) is 6.07 Å². The quantitative estimate of drug-likeness (QED) is 0.767. The summed E-state index contributed by atoms with van der Waals surface area (Å²) in [5, 5.41) is 4.85. The molecule has 2 nitrogen and oxygen atoms in total. The van der Waals surface area contributed by atoms with E-state index >= 15 is 0 Å². The molecule has 1 unspecified atom stereocenters. The molecule has 0 aliphatic carbocycles. The van der Waals surface area contributed by atoms with Crippen LogP contribution in [0.4, 0.5) is 0 Å². The van der Waals surface area contributed by atoms with Crippen LogP contribution in [0.2, 0.25) is 0 Å². The number of thiol groups is 1. The van der Waals surface area contributed by atoms with Crippen molar-refractivity contribution in [3.05, 3.63) is 16.3 Å². The van der Waals surface area contributed by atoms with Crippen LogP contribution in [0, 0.1) is 5.41 Å². The Bertz CT molecular complexity index is 352. The SMILES string of the molecule is CC(NC(=O)c1cc(S)cs1)C(C)(C)C. The number of nitrogens with one attached hydrogen (secondary N) is 1. The maximum Gasteiger partial charge on any atom is 0.261 e. The Balaban J connectivity index is 2.64. The molecule has 0 radical (unpaired) electrons. The minimum Gasteiger partial charge on any atom is -0.348 e. The van der Waals surface area contributed by atoms with Crippen LogP contribution in [-0.2, 0) is 0 Å². The Labute approximate surface area is 100 Å². The summed E-state index contributed by atoms with van der Waals surface area (Å²) in [4.78, 5) is 13.3. The van der Waals surface area contributed by atoms with Crippen LogP contribution in [0.5, 0.6) is 0 Å². The molecule has 1 atom stereocenters. The van der Waals surface area contributed by atoms with Crippen molar-refractivity contribution in [3.63, 3.8) is 0 Å². The van der Waals surface area contributed by atoms with Gasteiger partial charge in [-0.3, -0.25) is 4.79 Å². The van der Waals surface area contributed by atoms with Gasteiger partial charge in [-0.25, -0.2) is 0 Å². The number of thiophene rings is 1. The van der Waals surface area contributed by atoms with Gasteiger partial charge in [-0.15, -0.1) is 24.0 Å². The van der Waals surface area contributed by atoms with Crippen molar-refractivity contribution >= 4 is 29.9 Å². The molecule has 0 saturated carbocycles. The van der Waals surface area contributed by atoms with Crippen molar-refractivity contribution < 1.29 is 4.79 Å². The molecule has 0 saturated heterocycles. The third kappa shape index (κ3) is 3.54. The van der Waals surface area contributed by atoms with Gasteiger partial charge in [0.1, 0.15) is 0 Å². The average Bonchev–Trinajstić information content (AvgIpc) is 2.50. The number of amides is 1. The van der Waals surface area contributed by atoms with E-state index in [0.717, 1.165) is 9.77 Å². The molecule has 0 aliphatic heterocycles. The summed E-state index contributed by atoms with van der Waals surface area (Å²) >= 11 is 5.60. The van der Waals surface area contributed by atoms with Crippen molar-refractivity contribution in [2.24, 2.45) is 5.41 Å². The van der Waals surface area contributed by atoms with E-state index in [2.05, 4.69) is 38.7 Å². The zero-order valence-corrected chi connectivity index (χ0v) is 11.2. The van der Waals surface area contributed by atoms with Crippen LogP contribution >= 0.6 is 24.0 Å². The monoisotopic (exact) mass is 243 g/mol. The van der Waals surface area contributed by atoms with Crippen LogP contribution in [0.15, 0.2) is 16.3 Å². The van der Waals surface area contributed by atoms with Gasteiger partial charge in [-0.1, -0.05) is 20.8 Å². The van der Waals surface area contributed by atoms with Crippen molar-refractivity contribution in [1.82, 2.24) is 5.32 Å². The number of carbonyl (C=O) groups excluding carboxylic acids is 1. The van der Waals surface area contributed by atoms with Gasteiger partial charge >= 0.3 is 0 Å². The van der Waals surface area contributed by atoms with Gasteiger partial charge in [0.2, 0.25) is 0 Å². The second kappa shape index (κ2) is 4.58. The van der Waals surface area contributed by atoms with Gasteiger partial charge < -0.3 is 5.32 Å². The molecule has 1 heterocycles. The summed E-state index contributed by atoms with van der Waals surface area (Å²) < 4.78 is 0. The number of carbonyl (C=O) groups is 1. The fraction of sp³-hybridized carbons (Fsp3) is 0.545. The van der Waals surface area contributed by atoms with E-state index < -0.39 is 0 Å². The van der Waals surface area contributed by atoms with Crippen molar-refractivity contribution in [2.45, 2.75) is 38.6 Å². The summed E-state index contributed by atoms with van der Waals surface area (Å²) in [5.74, 6) is -0.0114. The third-order valence-corrected chi connectivity index (χ3v) is 3.82. The Morgan fingerprint density at radius 2 is 2.13 bits per heavy atom. The molecule has 4 heteroatoms. The van der Waals surface area contributed by atoms with Gasteiger partial charge in [0.25, 0.3) is 5.91 Å². The van der Waals surface area contributed by atoms with Gasteiger partial charge in [0.15, 0.2) is 0 Å². The molecule has 1 aromatic rings. The molecule has 15 heavy (non-hydrogen) atoms. The number of rotatable bonds is 2. The second-order valence-electron chi connectivity index (χ2n) is 4.73. The van der Waals surface area contributed by atoms with E-state index in [1.807, 2.05) is 12.3 Å². The van der Waals surface area contributed by atoms with Gasteiger partial charge in [-0.2, -0.15) is 0 Å². The van der Waals surface area contributed by atoms with E-state index in [-0.39, 0.29) is 17.4 Å². The molecule has 0 fully saturated rings. The fourth-order valence-electron chi connectivity index (χ4n) is 0.930. The van der Waals surface area contributed by atoms with Crippen molar-refractivity contribution in [2.75, 3.05) is 0 Å². The molecule has 84 valence electrons. The van der Waals surface area contributed by atoms with Crippen molar-refractivity contribution in [1.29, 1.82) is 0 Å². The van der Waals surface area contributed by atoms with Crippen LogP contribution in [0.1, 0.15) is 37.4 Å². The molecular weight excluding hydrogens is 226 g/mol. The lowest BCUT2D eigenvalue weighted by Crippen LogP contribution is -2.41. The Hall–Kier alpha value is -0.480. The molecule has 1 rings (SSSR count). The van der Waals surface area contributed by atoms with Gasteiger partial charge in [-0.05, 0) is 18.4 Å². The molecule has 0 spiro atoms. The highest BCUT2D eigenvalue weighted by molar-refractivity contribution is 7.80. The van der Waals surface area contributed by atoms with E-state index in [4.69, 9.17) is 0 Å². The number of hydrogen-bond donors (Lipinski definition) is 2. The lowest BCUT2D eigenvalue weighted by molar-refractivity contribution is 0.0914. The molecule has 0 bridgehead atoms. The Kier molecular flexibility index (Phi) is 3.84. The lowest BCUT2D eigenvalue weighted by atomic mass is 9.88. The average molecular weight is 243 g/mol. The summed E-state index contributed by atoms with van der Waals surface area (Å²) in [5.41, 5.74) is 0.0801. The first-order valence-corrected chi connectivity index (χ1v) is 6.22. The van der Waals surface area contributed by atoms with Crippen LogP contribution in [0.25, 0.3) is 0 Å². The largest absolute Gasteiger partial charge is 0.348 e. The molecule has 1 aromatic heterocycles. The first kappa shape index (κ1) is 12.6. The predicted molar refractivity (Wildman–Crippen MR) is 68.0 cm³/mol. The third-order valence-electron chi connectivity index (χ3n) is 2.46. The standard InChI is InChI=1S/C11H17NOS2/c1-7(11(2,3)4)12-10(13)9-5-8(14)6-15-9/h5-7,14H,1-4H3,(H,12,13). The Morgan fingerprint density at radius 1 is 1.53 bits per heavy atom.